The Bertz CT molecular complexity index is 1540. The lowest BCUT2D eigenvalue weighted by molar-refractivity contribution is 0.890. The van der Waals surface area contributed by atoms with Crippen molar-refractivity contribution < 1.29 is 0 Å². The van der Waals surface area contributed by atoms with Crippen molar-refractivity contribution in [2.45, 2.75) is 0 Å². The summed E-state index contributed by atoms with van der Waals surface area (Å²) < 4.78 is 1.93. The van der Waals surface area contributed by atoms with Crippen LogP contribution in [-0.2, 0) is 0 Å². The highest BCUT2D eigenvalue weighted by molar-refractivity contribution is 5.71. The van der Waals surface area contributed by atoms with Gasteiger partial charge in [0, 0.05) is 11.1 Å². The minimum Gasteiger partial charge on any atom is -0.213 e. The average Bonchev–Trinajstić information content (AvgIpc) is 3.40. The van der Waals surface area contributed by atoms with Crippen LogP contribution in [0, 0.1) is 0 Å². The van der Waals surface area contributed by atoms with Crippen LogP contribution in [0.4, 0.5) is 0 Å². The van der Waals surface area contributed by atoms with Crippen LogP contribution in [0.3, 0.4) is 0 Å². The lowest BCUT2D eigenvalue weighted by Crippen LogP contribution is -1.99. The van der Waals surface area contributed by atoms with Crippen LogP contribution < -0.4 is 0 Å². The molecule has 6 aromatic rings. The Morgan fingerprint density at radius 3 is 1.29 bits per heavy atom. The quantitative estimate of drug-likeness (QED) is 0.267. The summed E-state index contributed by atoms with van der Waals surface area (Å²) in [6, 6.07) is 47.9. The third-order valence-electron chi connectivity index (χ3n) is 6.11. The second kappa shape index (κ2) is 9.24. The summed E-state index contributed by atoms with van der Waals surface area (Å²) in [6.45, 7) is 0. The van der Waals surface area contributed by atoms with E-state index in [1.807, 2.05) is 35.0 Å². The second-order valence-corrected chi connectivity index (χ2v) is 8.39. The molecule has 0 N–H and O–H groups in total. The molecule has 3 nitrogen and oxygen atoms in total. The van der Waals surface area contributed by atoms with Crippen molar-refractivity contribution in [3.63, 3.8) is 0 Å². The maximum absolute atomic E-state index is 4.98. The number of aromatic nitrogens is 3. The maximum atomic E-state index is 4.98. The summed E-state index contributed by atoms with van der Waals surface area (Å²) in [5.74, 6) is 1.52. The van der Waals surface area contributed by atoms with Crippen LogP contribution in [0.25, 0.3) is 50.7 Å². The predicted molar refractivity (Wildman–Crippen MR) is 143 cm³/mol. The normalized spacial score (nSPS) is 10.9. The van der Waals surface area contributed by atoms with Crippen LogP contribution in [0.5, 0.6) is 0 Å². The van der Waals surface area contributed by atoms with Crippen molar-refractivity contribution in [3.05, 3.63) is 140 Å². The Morgan fingerprint density at radius 2 is 0.771 bits per heavy atom. The molecule has 0 spiro atoms. The number of hydrogen-bond acceptors (Lipinski definition) is 2. The highest BCUT2D eigenvalue weighted by atomic mass is 15.4. The van der Waals surface area contributed by atoms with Crippen LogP contribution in [-0.4, -0.2) is 14.8 Å². The number of benzene rings is 5. The Morgan fingerprint density at radius 1 is 0.371 bits per heavy atom. The lowest BCUT2D eigenvalue weighted by Gasteiger charge is -2.07. The van der Waals surface area contributed by atoms with Gasteiger partial charge >= 0.3 is 0 Å². The zero-order valence-corrected chi connectivity index (χ0v) is 19.1. The van der Waals surface area contributed by atoms with Crippen molar-refractivity contribution >= 4 is 0 Å². The molecule has 0 radical (unpaired) electrons. The minimum absolute atomic E-state index is 0.704. The molecule has 0 bridgehead atoms. The van der Waals surface area contributed by atoms with Gasteiger partial charge in [0.2, 0.25) is 0 Å². The highest BCUT2D eigenvalue weighted by Gasteiger charge is 2.15. The van der Waals surface area contributed by atoms with Crippen LogP contribution >= 0.6 is 0 Å². The van der Waals surface area contributed by atoms with Gasteiger partial charge in [-0.3, -0.25) is 0 Å². The first-order valence-corrected chi connectivity index (χ1v) is 11.7. The Hall–Kier alpha value is -4.76. The molecule has 3 heteroatoms. The summed E-state index contributed by atoms with van der Waals surface area (Å²) in [7, 11) is 0. The van der Waals surface area contributed by atoms with Crippen molar-refractivity contribution in [3.8, 4) is 50.7 Å². The zero-order chi connectivity index (χ0) is 23.5. The van der Waals surface area contributed by atoms with E-state index in [1.165, 1.54) is 22.3 Å². The molecule has 0 atom stereocenters. The molecule has 0 aliphatic rings. The first kappa shape index (κ1) is 20.8. The lowest BCUT2D eigenvalue weighted by atomic mass is 10.0. The molecule has 0 saturated carbocycles. The van der Waals surface area contributed by atoms with Gasteiger partial charge in [0.25, 0.3) is 0 Å². The van der Waals surface area contributed by atoms with E-state index in [0.717, 1.165) is 22.6 Å². The molecule has 5 aromatic carbocycles. The van der Waals surface area contributed by atoms with E-state index < -0.39 is 0 Å². The smallest absolute Gasteiger partial charge is 0.182 e. The molecule has 0 saturated heterocycles. The van der Waals surface area contributed by atoms with E-state index in [-0.39, 0.29) is 0 Å². The first-order valence-electron chi connectivity index (χ1n) is 11.7. The van der Waals surface area contributed by atoms with Crippen LogP contribution in [0.1, 0.15) is 0 Å². The molecule has 0 aliphatic carbocycles. The van der Waals surface area contributed by atoms with Crippen molar-refractivity contribution in [1.82, 2.24) is 14.8 Å². The Kier molecular flexibility index (Phi) is 5.50. The SMILES string of the molecule is c1ccc(-c2ccc(-c3nc(-c4ccc(-c5ccccc5)cc4)n(-c4ccccc4)n3)cc2)cc1. The minimum atomic E-state index is 0.704. The molecule has 1 heterocycles. The topological polar surface area (TPSA) is 30.7 Å². The van der Waals surface area contributed by atoms with Gasteiger partial charge in [-0.2, -0.15) is 0 Å². The highest BCUT2D eigenvalue weighted by Crippen LogP contribution is 2.29. The molecule has 6 rings (SSSR count). The third-order valence-corrected chi connectivity index (χ3v) is 6.11. The van der Waals surface area contributed by atoms with E-state index in [4.69, 9.17) is 10.1 Å². The average molecular weight is 450 g/mol. The van der Waals surface area contributed by atoms with Gasteiger partial charge in [-0.25, -0.2) is 9.67 Å². The van der Waals surface area contributed by atoms with Gasteiger partial charge < -0.3 is 0 Å². The van der Waals surface area contributed by atoms with E-state index in [2.05, 4.69) is 109 Å². The standard InChI is InChI=1S/C32H23N3/c1-4-10-24(11-5-1)26-16-20-28(21-17-26)31-33-32(35(34-31)30-14-8-3-9-15-30)29-22-18-27(19-23-29)25-12-6-2-7-13-25/h1-23H. The molecule has 0 aliphatic heterocycles. The van der Waals surface area contributed by atoms with Crippen molar-refractivity contribution in [2.75, 3.05) is 0 Å². The van der Waals surface area contributed by atoms with E-state index in [9.17, 15) is 0 Å². The molecule has 0 amide bonds. The van der Waals surface area contributed by atoms with E-state index >= 15 is 0 Å². The number of para-hydroxylation sites is 1. The fraction of sp³-hybridized carbons (Fsp3) is 0. The van der Waals surface area contributed by atoms with Gasteiger partial charge in [-0.1, -0.05) is 127 Å². The van der Waals surface area contributed by atoms with Gasteiger partial charge in [-0.05, 0) is 34.4 Å². The molecule has 0 unspecified atom stereocenters. The molecule has 1 aromatic heterocycles. The van der Waals surface area contributed by atoms with E-state index in [1.54, 1.807) is 0 Å². The number of rotatable bonds is 5. The summed E-state index contributed by atoms with van der Waals surface area (Å²) in [6.07, 6.45) is 0. The zero-order valence-electron chi connectivity index (χ0n) is 19.1. The van der Waals surface area contributed by atoms with E-state index in [0.29, 0.717) is 5.82 Å². The Labute approximate surface area is 205 Å². The van der Waals surface area contributed by atoms with Gasteiger partial charge in [0.1, 0.15) is 0 Å². The first-order chi connectivity index (χ1) is 17.3. The molecular weight excluding hydrogens is 426 g/mol. The van der Waals surface area contributed by atoms with Gasteiger partial charge in [0.15, 0.2) is 11.6 Å². The predicted octanol–water partition coefficient (Wildman–Crippen LogP) is 7.94. The summed E-state index contributed by atoms with van der Waals surface area (Å²) >= 11 is 0. The maximum Gasteiger partial charge on any atom is 0.182 e. The molecule has 35 heavy (non-hydrogen) atoms. The fourth-order valence-electron chi connectivity index (χ4n) is 4.26. The number of hydrogen-bond donors (Lipinski definition) is 0. The largest absolute Gasteiger partial charge is 0.213 e. The van der Waals surface area contributed by atoms with Crippen LogP contribution in [0.15, 0.2) is 140 Å². The number of nitrogens with zero attached hydrogens (tertiary/aromatic N) is 3. The second-order valence-electron chi connectivity index (χ2n) is 8.39. The summed E-state index contributed by atoms with van der Waals surface area (Å²) in [5, 5.41) is 4.92. The van der Waals surface area contributed by atoms with Crippen LogP contribution in [0.2, 0.25) is 0 Å². The molecule has 0 fully saturated rings. The van der Waals surface area contributed by atoms with Gasteiger partial charge in [-0.15, -0.1) is 5.10 Å². The fourth-order valence-corrected chi connectivity index (χ4v) is 4.26. The summed E-state index contributed by atoms with van der Waals surface area (Å²) in [5.41, 5.74) is 7.73. The summed E-state index contributed by atoms with van der Waals surface area (Å²) in [4.78, 5) is 4.98. The monoisotopic (exact) mass is 449 g/mol. The molecule has 166 valence electrons. The van der Waals surface area contributed by atoms with Gasteiger partial charge in [0.05, 0.1) is 5.69 Å². The third kappa shape index (κ3) is 4.28. The van der Waals surface area contributed by atoms with Crippen molar-refractivity contribution in [2.24, 2.45) is 0 Å². The Balaban J connectivity index is 1.40. The molecular formula is C32H23N3. The van der Waals surface area contributed by atoms with Crippen molar-refractivity contribution in [1.29, 1.82) is 0 Å².